The zero-order chi connectivity index (χ0) is 14.5. The van der Waals surface area contributed by atoms with Crippen LogP contribution < -0.4 is 10.1 Å². The summed E-state index contributed by atoms with van der Waals surface area (Å²) in [5.74, 6) is 1.08. The summed E-state index contributed by atoms with van der Waals surface area (Å²) in [6, 6.07) is 12.3. The molecule has 0 aliphatic carbocycles. The summed E-state index contributed by atoms with van der Waals surface area (Å²) in [5.41, 5.74) is 1.11. The van der Waals surface area contributed by atoms with Gasteiger partial charge in [-0.2, -0.15) is 0 Å². The van der Waals surface area contributed by atoms with Gasteiger partial charge in [-0.25, -0.2) is 0 Å². The van der Waals surface area contributed by atoms with Gasteiger partial charge < -0.3 is 14.5 Å². The molecule has 0 atom stereocenters. The summed E-state index contributed by atoms with van der Waals surface area (Å²) in [6.07, 6.45) is 6.16. The van der Waals surface area contributed by atoms with Crippen molar-refractivity contribution in [2.75, 3.05) is 5.32 Å². The number of nitrogens with zero attached hydrogens (tertiary/aromatic N) is 1. The topological polar surface area (TPSA) is 64.4 Å². The fourth-order valence-electron chi connectivity index (χ4n) is 1.78. The van der Waals surface area contributed by atoms with Crippen molar-refractivity contribution in [1.29, 1.82) is 0 Å². The van der Waals surface area contributed by atoms with Gasteiger partial charge in [0.25, 0.3) is 5.91 Å². The van der Waals surface area contributed by atoms with Crippen LogP contribution in [0.2, 0.25) is 0 Å². The molecule has 0 aliphatic rings. The maximum atomic E-state index is 11.9. The molecule has 3 rings (SSSR count). The van der Waals surface area contributed by atoms with E-state index in [4.69, 9.17) is 9.15 Å². The number of rotatable bonds is 4. The van der Waals surface area contributed by atoms with Crippen molar-refractivity contribution in [3.05, 3.63) is 72.9 Å². The Balaban J connectivity index is 1.73. The molecular weight excluding hydrogens is 268 g/mol. The average Bonchev–Trinajstić information content (AvgIpc) is 3.03. The number of nitrogens with one attached hydrogen (secondary N) is 1. The minimum Gasteiger partial charge on any atom is -0.472 e. The van der Waals surface area contributed by atoms with Gasteiger partial charge in [0.1, 0.15) is 17.8 Å². The molecule has 0 saturated heterocycles. The third-order valence-electron chi connectivity index (χ3n) is 2.76. The molecule has 5 heteroatoms. The lowest BCUT2D eigenvalue weighted by Gasteiger charge is -2.08. The predicted molar refractivity (Wildman–Crippen MR) is 77.4 cm³/mol. The van der Waals surface area contributed by atoms with E-state index < -0.39 is 0 Å². The van der Waals surface area contributed by atoms with Crippen LogP contribution in [0.5, 0.6) is 11.5 Å². The first-order valence-corrected chi connectivity index (χ1v) is 6.33. The second-order valence-corrected chi connectivity index (χ2v) is 4.28. The molecule has 1 N–H and O–H groups in total. The SMILES string of the molecule is O=C(Nc1cccc(Oc2ccncc2)c1)c1ccoc1. The molecule has 0 spiro atoms. The quantitative estimate of drug-likeness (QED) is 0.791. The predicted octanol–water partition coefficient (Wildman–Crippen LogP) is 3.72. The van der Waals surface area contributed by atoms with Crippen LogP contribution in [-0.4, -0.2) is 10.9 Å². The van der Waals surface area contributed by atoms with Gasteiger partial charge >= 0.3 is 0 Å². The fourth-order valence-corrected chi connectivity index (χ4v) is 1.78. The monoisotopic (exact) mass is 280 g/mol. The minimum atomic E-state index is -0.232. The molecule has 1 amide bonds. The summed E-state index contributed by atoms with van der Waals surface area (Å²) in [4.78, 5) is 15.9. The van der Waals surface area contributed by atoms with Crippen molar-refractivity contribution >= 4 is 11.6 Å². The van der Waals surface area contributed by atoms with Gasteiger partial charge in [0, 0.05) is 24.1 Å². The summed E-state index contributed by atoms with van der Waals surface area (Å²) < 4.78 is 10.6. The largest absolute Gasteiger partial charge is 0.472 e. The fraction of sp³-hybridized carbons (Fsp3) is 0. The van der Waals surface area contributed by atoms with Crippen LogP contribution in [0.4, 0.5) is 5.69 Å². The third-order valence-corrected chi connectivity index (χ3v) is 2.76. The van der Waals surface area contributed by atoms with E-state index in [0.717, 1.165) is 0 Å². The lowest BCUT2D eigenvalue weighted by atomic mass is 10.2. The molecule has 21 heavy (non-hydrogen) atoms. The molecular formula is C16H12N2O3. The number of aromatic nitrogens is 1. The summed E-state index contributed by atoms with van der Waals surface area (Å²) in [7, 11) is 0. The van der Waals surface area contributed by atoms with E-state index in [9.17, 15) is 4.79 Å². The van der Waals surface area contributed by atoms with Crippen molar-refractivity contribution in [3.63, 3.8) is 0 Å². The molecule has 0 radical (unpaired) electrons. The van der Waals surface area contributed by atoms with E-state index in [1.807, 2.05) is 12.1 Å². The first-order valence-electron chi connectivity index (χ1n) is 6.33. The first kappa shape index (κ1) is 12.9. The van der Waals surface area contributed by atoms with Crippen LogP contribution in [0.3, 0.4) is 0 Å². The van der Waals surface area contributed by atoms with E-state index in [2.05, 4.69) is 10.3 Å². The van der Waals surface area contributed by atoms with Crippen LogP contribution in [0.1, 0.15) is 10.4 Å². The van der Waals surface area contributed by atoms with Gasteiger partial charge in [-0.1, -0.05) is 6.07 Å². The molecule has 0 fully saturated rings. The summed E-state index contributed by atoms with van der Waals surface area (Å²) >= 11 is 0. The standard InChI is InChI=1S/C16H12N2O3/c19-16(12-6-9-20-11-12)18-13-2-1-3-15(10-13)21-14-4-7-17-8-5-14/h1-11H,(H,18,19). The zero-order valence-corrected chi connectivity index (χ0v) is 11.0. The molecule has 0 saturated carbocycles. The maximum absolute atomic E-state index is 11.9. The number of furan rings is 1. The number of pyridine rings is 1. The Morgan fingerprint density at radius 1 is 1.10 bits per heavy atom. The lowest BCUT2D eigenvalue weighted by molar-refractivity contribution is 0.102. The molecule has 2 aromatic heterocycles. The smallest absolute Gasteiger partial charge is 0.258 e. The number of benzene rings is 1. The molecule has 0 aliphatic heterocycles. The van der Waals surface area contributed by atoms with Crippen molar-refractivity contribution in [3.8, 4) is 11.5 Å². The number of anilines is 1. The van der Waals surface area contributed by atoms with Gasteiger partial charge in [-0.05, 0) is 30.3 Å². The average molecular weight is 280 g/mol. The van der Waals surface area contributed by atoms with Crippen LogP contribution in [-0.2, 0) is 0 Å². The molecule has 104 valence electrons. The Labute approximate surface area is 121 Å². The van der Waals surface area contributed by atoms with E-state index in [1.54, 1.807) is 42.7 Å². The van der Waals surface area contributed by atoms with Gasteiger partial charge in [0.05, 0.1) is 11.8 Å². The Kier molecular flexibility index (Phi) is 3.64. The molecule has 0 bridgehead atoms. The van der Waals surface area contributed by atoms with Gasteiger partial charge in [0.15, 0.2) is 0 Å². The van der Waals surface area contributed by atoms with E-state index in [-0.39, 0.29) is 5.91 Å². The zero-order valence-electron chi connectivity index (χ0n) is 11.0. The highest BCUT2D eigenvalue weighted by Crippen LogP contribution is 2.23. The number of hydrogen-bond donors (Lipinski definition) is 1. The van der Waals surface area contributed by atoms with Crippen molar-refractivity contribution in [2.24, 2.45) is 0 Å². The lowest BCUT2D eigenvalue weighted by Crippen LogP contribution is -2.10. The Bertz CT molecular complexity index is 724. The highest BCUT2D eigenvalue weighted by Gasteiger charge is 2.07. The first-order chi connectivity index (χ1) is 10.3. The molecule has 2 heterocycles. The van der Waals surface area contributed by atoms with E-state index in [0.29, 0.717) is 22.7 Å². The molecule has 1 aromatic carbocycles. The van der Waals surface area contributed by atoms with E-state index >= 15 is 0 Å². The Hall–Kier alpha value is -3.08. The summed E-state index contributed by atoms with van der Waals surface area (Å²) in [5, 5.41) is 2.78. The van der Waals surface area contributed by atoms with Crippen molar-refractivity contribution in [1.82, 2.24) is 4.98 Å². The second-order valence-electron chi connectivity index (χ2n) is 4.28. The highest BCUT2D eigenvalue weighted by atomic mass is 16.5. The normalized spacial score (nSPS) is 10.1. The second kappa shape index (κ2) is 5.92. The molecule has 0 unspecified atom stereocenters. The van der Waals surface area contributed by atoms with E-state index in [1.165, 1.54) is 12.5 Å². The summed E-state index contributed by atoms with van der Waals surface area (Å²) in [6.45, 7) is 0. The van der Waals surface area contributed by atoms with Crippen molar-refractivity contribution < 1.29 is 13.9 Å². The number of amides is 1. The van der Waals surface area contributed by atoms with Crippen molar-refractivity contribution in [2.45, 2.75) is 0 Å². The van der Waals surface area contributed by atoms with Crippen LogP contribution in [0, 0.1) is 0 Å². The minimum absolute atomic E-state index is 0.232. The Morgan fingerprint density at radius 3 is 2.71 bits per heavy atom. The van der Waals surface area contributed by atoms with Crippen LogP contribution >= 0.6 is 0 Å². The van der Waals surface area contributed by atoms with Gasteiger partial charge in [-0.3, -0.25) is 9.78 Å². The van der Waals surface area contributed by atoms with Gasteiger partial charge in [-0.15, -0.1) is 0 Å². The van der Waals surface area contributed by atoms with Gasteiger partial charge in [0.2, 0.25) is 0 Å². The molecule has 5 nitrogen and oxygen atoms in total. The third kappa shape index (κ3) is 3.27. The van der Waals surface area contributed by atoms with Crippen LogP contribution in [0.15, 0.2) is 71.8 Å². The highest BCUT2D eigenvalue weighted by molar-refractivity contribution is 6.04. The number of hydrogen-bond acceptors (Lipinski definition) is 4. The number of ether oxygens (including phenoxy) is 1. The maximum Gasteiger partial charge on any atom is 0.258 e. The number of carbonyl (C=O) groups is 1. The Morgan fingerprint density at radius 2 is 1.95 bits per heavy atom. The molecule has 3 aromatic rings. The van der Waals surface area contributed by atoms with Crippen LogP contribution in [0.25, 0.3) is 0 Å². The number of carbonyl (C=O) groups excluding carboxylic acids is 1.